The van der Waals surface area contributed by atoms with Gasteiger partial charge >= 0.3 is 0 Å². The lowest BCUT2D eigenvalue weighted by molar-refractivity contribution is -0.120. The van der Waals surface area contributed by atoms with Crippen molar-refractivity contribution in [2.24, 2.45) is 0 Å². The van der Waals surface area contributed by atoms with E-state index in [1.807, 2.05) is 26.8 Å². The van der Waals surface area contributed by atoms with Crippen LogP contribution in [0.5, 0.6) is 0 Å². The fourth-order valence-corrected chi connectivity index (χ4v) is 3.73. The number of aryl methyl sites for hydroxylation is 3. The summed E-state index contributed by atoms with van der Waals surface area (Å²) in [6.07, 6.45) is 0. The summed E-state index contributed by atoms with van der Waals surface area (Å²) in [5.74, 6) is -3.26. The zero-order valence-electron chi connectivity index (χ0n) is 17.6. The van der Waals surface area contributed by atoms with Gasteiger partial charge in [-0.05, 0) is 67.3 Å². The zero-order valence-corrected chi connectivity index (χ0v) is 18.3. The van der Waals surface area contributed by atoms with Gasteiger partial charge in [-0.3, -0.25) is 9.59 Å². The molecule has 4 nitrogen and oxygen atoms in total. The maximum atomic E-state index is 14.5. The molecule has 3 aromatic carbocycles. The normalized spacial score (nSPS) is 13.9. The first-order chi connectivity index (χ1) is 15.2. The van der Waals surface area contributed by atoms with Crippen LogP contribution in [-0.4, -0.2) is 11.8 Å². The minimum absolute atomic E-state index is 0.00709. The average Bonchev–Trinajstić information content (AvgIpc) is 2.97. The summed E-state index contributed by atoms with van der Waals surface area (Å²) in [6, 6.07) is 13.2. The van der Waals surface area contributed by atoms with Crippen LogP contribution in [0, 0.1) is 32.4 Å². The van der Waals surface area contributed by atoms with E-state index in [4.69, 9.17) is 11.6 Å². The molecule has 1 heterocycles. The van der Waals surface area contributed by atoms with Crippen LogP contribution in [0.2, 0.25) is 5.02 Å². The van der Waals surface area contributed by atoms with Gasteiger partial charge < -0.3 is 5.32 Å². The van der Waals surface area contributed by atoms with Gasteiger partial charge in [0.2, 0.25) is 0 Å². The minimum Gasteiger partial charge on any atom is -0.350 e. The lowest BCUT2D eigenvalue weighted by Crippen LogP contribution is -2.33. The van der Waals surface area contributed by atoms with E-state index < -0.39 is 23.4 Å². The molecule has 0 bridgehead atoms. The highest BCUT2D eigenvalue weighted by molar-refractivity contribution is 6.46. The molecule has 0 unspecified atom stereocenters. The molecule has 0 fully saturated rings. The van der Waals surface area contributed by atoms with Crippen molar-refractivity contribution in [2.45, 2.75) is 20.8 Å². The van der Waals surface area contributed by atoms with E-state index in [1.165, 1.54) is 0 Å². The molecule has 0 atom stereocenters. The Balaban J connectivity index is 1.89. The molecule has 0 aliphatic carbocycles. The summed E-state index contributed by atoms with van der Waals surface area (Å²) in [5, 5.41) is 3.48. The molecular weight excluding hydrogens is 434 g/mol. The number of halogens is 3. The molecule has 0 saturated carbocycles. The predicted molar refractivity (Wildman–Crippen MR) is 121 cm³/mol. The summed E-state index contributed by atoms with van der Waals surface area (Å²) in [4.78, 5) is 27.5. The van der Waals surface area contributed by atoms with Crippen molar-refractivity contribution in [3.8, 4) is 0 Å². The van der Waals surface area contributed by atoms with Gasteiger partial charge in [0.15, 0.2) is 0 Å². The van der Waals surface area contributed by atoms with Crippen LogP contribution < -0.4 is 10.2 Å². The van der Waals surface area contributed by atoms with E-state index in [1.54, 1.807) is 30.3 Å². The van der Waals surface area contributed by atoms with Gasteiger partial charge in [0.05, 0.1) is 11.3 Å². The van der Waals surface area contributed by atoms with E-state index in [0.717, 1.165) is 33.7 Å². The second-order valence-electron chi connectivity index (χ2n) is 7.67. The Bertz CT molecular complexity index is 1320. The first-order valence-corrected chi connectivity index (χ1v) is 10.2. The number of anilines is 2. The zero-order chi connectivity index (χ0) is 23.2. The summed E-state index contributed by atoms with van der Waals surface area (Å²) < 4.78 is 28.0. The van der Waals surface area contributed by atoms with E-state index in [-0.39, 0.29) is 17.0 Å². The fourth-order valence-electron chi connectivity index (χ4n) is 3.56. The van der Waals surface area contributed by atoms with Gasteiger partial charge in [-0.15, -0.1) is 0 Å². The van der Waals surface area contributed by atoms with Gasteiger partial charge in [0.1, 0.15) is 17.3 Å². The standard InChI is InChI=1S/C25H19ClF2N2O2/c1-13-4-6-16(10-15(13)3)22-23(29-20-11-17(26)7-5-14(20)2)25(32)30(24(22)31)21-9-8-18(27)12-19(21)28/h4-12,29H,1-3H3. The van der Waals surface area contributed by atoms with Gasteiger partial charge in [0.25, 0.3) is 11.8 Å². The maximum absolute atomic E-state index is 14.5. The van der Waals surface area contributed by atoms with Crippen molar-refractivity contribution in [1.82, 2.24) is 0 Å². The van der Waals surface area contributed by atoms with E-state index in [2.05, 4.69) is 5.32 Å². The second kappa shape index (κ2) is 8.20. The number of carbonyl (C=O) groups is 2. The molecular formula is C25H19ClF2N2O2. The number of nitrogens with zero attached hydrogens (tertiary/aromatic N) is 1. The lowest BCUT2D eigenvalue weighted by atomic mass is 9.99. The topological polar surface area (TPSA) is 49.4 Å². The van der Waals surface area contributed by atoms with Crippen LogP contribution in [0.4, 0.5) is 20.2 Å². The number of hydrogen-bond acceptors (Lipinski definition) is 3. The number of nitrogens with one attached hydrogen (secondary N) is 1. The van der Waals surface area contributed by atoms with E-state index in [9.17, 15) is 18.4 Å². The summed E-state index contributed by atoms with van der Waals surface area (Å²) in [5.41, 5.74) is 3.58. The third kappa shape index (κ3) is 3.78. The monoisotopic (exact) mass is 452 g/mol. The van der Waals surface area contributed by atoms with Crippen LogP contribution in [0.3, 0.4) is 0 Å². The first kappa shape index (κ1) is 21.7. The van der Waals surface area contributed by atoms with Gasteiger partial charge in [0, 0.05) is 16.8 Å². The molecule has 3 aromatic rings. The lowest BCUT2D eigenvalue weighted by Gasteiger charge is -2.16. The highest BCUT2D eigenvalue weighted by Crippen LogP contribution is 2.36. The van der Waals surface area contributed by atoms with Gasteiger partial charge in [-0.1, -0.05) is 35.9 Å². The summed E-state index contributed by atoms with van der Waals surface area (Å²) in [7, 11) is 0. The van der Waals surface area contributed by atoms with E-state index in [0.29, 0.717) is 22.3 Å². The van der Waals surface area contributed by atoms with Gasteiger partial charge in [-0.25, -0.2) is 13.7 Å². The van der Waals surface area contributed by atoms with Crippen molar-refractivity contribution in [3.05, 3.63) is 99.2 Å². The Morgan fingerprint density at radius 2 is 1.53 bits per heavy atom. The number of benzene rings is 3. The molecule has 1 aliphatic rings. The summed E-state index contributed by atoms with van der Waals surface area (Å²) in [6.45, 7) is 5.66. The largest absolute Gasteiger partial charge is 0.350 e. The van der Waals surface area contributed by atoms with Gasteiger partial charge in [-0.2, -0.15) is 0 Å². The Morgan fingerprint density at radius 3 is 2.22 bits per heavy atom. The van der Waals surface area contributed by atoms with Crippen molar-refractivity contribution in [2.75, 3.05) is 10.2 Å². The number of rotatable bonds is 4. The predicted octanol–water partition coefficient (Wildman–Crippen LogP) is 5.94. The van der Waals surface area contributed by atoms with Crippen molar-refractivity contribution < 1.29 is 18.4 Å². The number of carbonyl (C=O) groups excluding carboxylic acids is 2. The fraction of sp³-hybridized carbons (Fsp3) is 0.120. The third-order valence-corrected chi connectivity index (χ3v) is 5.72. The van der Waals surface area contributed by atoms with E-state index >= 15 is 0 Å². The second-order valence-corrected chi connectivity index (χ2v) is 8.11. The van der Waals surface area contributed by atoms with Crippen LogP contribution >= 0.6 is 11.6 Å². The first-order valence-electron chi connectivity index (χ1n) is 9.86. The van der Waals surface area contributed by atoms with Crippen LogP contribution in [0.25, 0.3) is 5.57 Å². The molecule has 0 aromatic heterocycles. The van der Waals surface area contributed by atoms with Crippen molar-refractivity contribution in [1.29, 1.82) is 0 Å². The van der Waals surface area contributed by atoms with Crippen LogP contribution in [0.1, 0.15) is 22.3 Å². The summed E-state index contributed by atoms with van der Waals surface area (Å²) >= 11 is 6.12. The maximum Gasteiger partial charge on any atom is 0.282 e. The molecule has 1 N–H and O–H groups in total. The Hall–Kier alpha value is -3.51. The molecule has 2 amide bonds. The smallest absolute Gasteiger partial charge is 0.282 e. The quantitative estimate of drug-likeness (QED) is 0.498. The molecule has 0 radical (unpaired) electrons. The number of imide groups is 1. The third-order valence-electron chi connectivity index (χ3n) is 5.49. The number of amides is 2. The molecule has 7 heteroatoms. The molecule has 32 heavy (non-hydrogen) atoms. The molecule has 0 spiro atoms. The number of hydrogen-bond donors (Lipinski definition) is 1. The average molecular weight is 453 g/mol. The molecule has 162 valence electrons. The Kier molecular flexibility index (Phi) is 5.57. The van der Waals surface area contributed by atoms with Crippen molar-refractivity contribution in [3.63, 3.8) is 0 Å². The Morgan fingerprint density at radius 1 is 0.812 bits per heavy atom. The minimum atomic E-state index is -1.01. The SMILES string of the molecule is Cc1ccc(C2=C(Nc3cc(Cl)ccc3C)C(=O)N(c3ccc(F)cc3F)C2=O)cc1C. The molecule has 4 rings (SSSR count). The highest BCUT2D eigenvalue weighted by atomic mass is 35.5. The molecule has 1 aliphatic heterocycles. The molecule has 0 saturated heterocycles. The highest BCUT2D eigenvalue weighted by Gasteiger charge is 2.41. The van der Waals surface area contributed by atoms with Crippen LogP contribution in [0.15, 0.2) is 60.3 Å². The van der Waals surface area contributed by atoms with Crippen molar-refractivity contribution >= 4 is 40.4 Å². The Labute approximate surface area is 189 Å². The van der Waals surface area contributed by atoms with Crippen LogP contribution in [-0.2, 0) is 9.59 Å².